The topological polar surface area (TPSA) is 40.6 Å². The fourth-order valence-corrected chi connectivity index (χ4v) is 4.58. The molecule has 2 saturated heterocycles. The van der Waals surface area contributed by atoms with Crippen molar-refractivity contribution < 1.29 is 9.59 Å². The minimum atomic E-state index is -0.0246. The molecule has 0 saturated carbocycles. The first-order valence-corrected chi connectivity index (χ1v) is 11.0. The number of likely N-dealkylation sites (tertiary alicyclic amines) is 2. The van der Waals surface area contributed by atoms with Crippen molar-refractivity contribution in [1.82, 2.24) is 9.80 Å². The summed E-state index contributed by atoms with van der Waals surface area (Å²) in [5.41, 5.74) is 0.563. The van der Waals surface area contributed by atoms with Gasteiger partial charge in [0.15, 0.2) is 0 Å². The fraction of sp³-hybridized carbons (Fsp3) is 0.600. The fourth-order valence-electron chi connectivity index (χ4n) is 3.94. The van der Waals surface area contributed by atoms with E-state index in [1.807, 2.05) is 28.2 Å². The summed E-state index contributed by atoms with van der Waals surface area (Å²) < 4.78 is 0. The van der Waals surface area contributed by atoms with E-state index in [1.54, 1.807) is 17.8 Å². The molecule has 2 amide bonds. The number of carbonyl (C=O) groups excluding carboxylic acids is 2. The Labute approximate surface area is 165 Å². The van der Waals surface area contributed by atoms with Crippen molar-refractivity contribution in [1.29, 1.82) is 0 Å². The molecule has 2 heterocycles. The van der Waals surface area contributed by atoms with Crippen molar-refractivity contribution in [3.63, 3.8) is 0 Å². The van der Waals surface area contributed by atoms with Gasteiger partial charge in [-0.1, -0.05) is 18.5 Å². The van der Waals surface area contributed by atoms with E-state index < -0.39 is 0 Å². The quantitative estimate of drug-likeness (QED) is 0.722. The highest BCUT2D eigenvalue weighted by Crippen LogP contribution is 2.27. The van der Waals surface area contributed by atoms with Gasteiger partial charge < -0.3 is 9.80 Å². The summed E-state index contributed by atoms with van der Waals surface area (Å²) in [6, 6.07) is 5.57. The van der Waals surface area contributed by atoms with E-state index >= 15 is 0 Å². The zero-order valence-corrected chi connectivity index (χ0v) is 17.1. The Hall–Kier alpha value is -1.20. The number of halogens is 1. The molecule has 1 aromatic rings. The smallest absolute Gasteiger partial charge is 0.255 e. The molecule has 0 N–H and O–H groups in total. The number of hydrogen-bond acceptors (Lipinski definition) is 3. The highest BCUT2D eigenvalue weighted by molar-refractivity contribution is 7.98. The van der Waals surface area contributed by atoms with Crippen LogP contribution < -0.4 is 0 Å². The second-order valence-electron chi connectivity index (χ2n) is 7.44. The number of carbonyl (C=O) groups is 2. The zero-order chi connectivity index (χ0) is 18.7. The Morgan fingerprint density at radius 3 is 2.50 bits per heavy atom. The molecule has 0 bridgehead atoms. The summed E-state index contributed by atoms with van der Waals surface area (Å²) >= 11 is 7.84. The Bertz CT molecular complexity index is 674. The van der Waals surface area contributed by atoms with E-state index in [2.05, 4.69) is 6.92 Å². The molecule has 1 atom stereocenters. The first kappa shape index (κ1) is 19.6. The Morgan fingerprint density at radius 1 is 1.12 bits per heavy atom. The van der Waals surface area contributed by atoms with Crippen LogP contribution in [0.4, 0.5) is 0 Å². The van der Waals surface area contributed by atoms with Gasteiger partial charge in [-0.3, -0.25) is 9.59 Å². The molecule has 0 aromatic heterocycles. The van der Waals surface area contributed by atoms with Gasteiger partial charge in [0.25, 0.3) is 5.91 Å². The van der Waals surface area contributed by atoms with Gasteiger partial charge in [0.05, 0.1) is 10.6 Å². The van der Waals surface area contributed by atoms with Crippen LogP contribution in [0.3, 0.4) is 0 Å². The van der Waals surface area contributed by atoms with Crippen LogP contribution in [-0.4, -0.2) is 54.0 Å². The summed E-state index contributed by atoms with van der Waals surface area (Å²) in [7, 11) is 0. The second kappa shape index (κ2) is 8.66. The summed E-state index contributed by atoms with van der Waals surface area (Å²) in [6.07, 6.45) is 5.79. The number of rotatable bonds is 3. The maximum Gasteiger partial charge on any atom is 0.255 e. The first-order chi connectivity index (χ1) is 12.5. The third kappa shape index (κ3) is 4.37. The highest BCUT2D eigenvalue weighted by Gasteiger charge is 2.32. The Morgan fingerprint density at radius 2 is 1.85 bits per heavy atom. The first-order valence-electron chi connectivity index (χ1n) is 9.41. The molecule has 0 aliphatic carbocycles. The van der Waals surface area contributed by atoms with E-state index in [4.69, 9.17) is 11.6 Å². The molecule has 142 valence electrons. The Kier molecular flexibility index (Phi) is 6.51. The molecule has 0 radical (unpaired) electrons. The standard InChI is InChI=1S/C20H27ClN2O2S/c1-14-4-3-9-23(13-14)19(24)15-7-10-22(11-8-15)20(25)17-12-16(26-2)5-6-18(17)21/h5-6,12,14-15H,3-4,7-11,13H2,1-2H3. The van der Waals surface area contributed by atoms with Crippen LogP contribution >= 0.6 is 23.4 Å². The average Bonchev–Trinajstić information content (AvgIpc) is 2.67. The number of hydrogen-bond donors (Lipinski definition) is 0. The monoisotopic (exact) mass is 394 g/mol. The second-order valence-corrected chi connectivity index (χ2v) is 8.73. The van der Waals surface area contributed by atoms with Crippen molar-refractivity contribution in [3.8, 4) is 0 Å². The molecular formula is C20H27ClN2O2S. The number of thioether (sulfide) groups is 1. The summed E-state index contributed by atoms with van der Waals surface area (Å²) in [4.78, 5) is 30.5. The van der Waals surface area contributed by atoms with E-state index in [1.165, 1.54) is 6.42 Å². The molecule has 2 aliphatic rings. The van der Waals surface area contributed by atoms with E-state index in [9.17, 15) is 9.59 Å². The molecule has 1 aromatic carbocycles. The largest absolute Gasteiger partial charge is 0.342 e. The molecular weight excluding hydrogens is 368 g/mol. The lowest BCUT2D eigenvalue weighted by molar-refractivity contribution is -0.138. The van der Waals surface area contributed by atoms with Crippen LogP contribution in [0.2, 0.25) is 5.02 Å². The van der Waals surface area contributed by atoms with E-state index in [-0.39, 0.29) is 17.7 Å². The lowest BCUT2D eigenvalue weighted by Crippen LogP contribution is -2.47. The molecule has 0 spiro atoms. The Balaban J connectivity index is 1.59. The highest BCUT2D eigenvalue weighted by atomic mass is 35.5. The van der Waals surface area contributed by atoms with Crippen LogP contribution in [0.15, 0.2) is 23.1 Å². The van der Waals surface area contributed by atoms with E-state index in [0.29, 0.717) is 29.6 Å². The predicted octanol–water partition coefficient (Wildman–Crippen LogP) is 4.17. The molecule has 1 unspecified atom stereocenters. The summed E-state index contributed by atoms with van der Waals surface area (Å²) in [5.74, 6) is 0.909. The van der Waals surface area contributed by atoms with Gasteiger partial charge in [-0.15, -0.1) is 11.8 Å². The molecule has 3 rings (SSSR count). The van der Waals surface area contributed by atoms with Crippen molar-refractivity contribution >= 4 is 35.2 Å². The molecule has 2 fully saturated rings. The average molecular weight is 395 g/mol. The SMILES string of the molecule is CSc1ccc(Cl)c(C(=O)N2CCC(C(=O)N3CCCC(C)C3)CC2)c1. The molecule has 4 nitrogen and oxygen atoms in total. The number of nitrogens with zero attached hydrogens (tertiary/aromatic N) is 2. The van der Waals surface area contributed by atoms with E-state index in [0.717, 1.165) is 37.2 Å². The minimum Gasteiger partial charge on any atom is -0.342 e. The van der Waals surface area contributed by atoms with Crippen LogP contribution in [0.25, 0.3) is 0 Å². The third-order valence-corrected chi connectivity index (χ3v) is 6.56. The van der Waals surface area contributed by atoms with Crippen LogP contribution in [0, 0.1) is 11.8 Å². The van der Waals surface area contributed by atoms with Crippen LogP contribution in [0.1, 0.15) is 43.0 Å². The minimum absolute atomic E-state index is 0.0246. The maximum absolute atomic E-state index is 12.8. The van der Waals surface area contributed by atoms with Gasteiger partial charge in [-0.2, -0.15) is 0 Å². The van der Waals surface area contributed by atoms with Crippen molar-refractivity contribution in [2.24, 2.45) is 11.8 Å². The maximum atomic E-state index is 12.8. The molecule has 6 heteroatoms. The van der Waals surface area contributed by atoms with Crippen molar-refractivity contribution in [2.45, 2.75) is 37.5 Å². The lowest BCUT2D eigenvalue weighted by atomic mass is 9.92. The van der Waals surface area contributed by atoms with Crippen molar-refractivity contribution in [3.05, 3.63) is 28.8 Å². The van der Waals surface area contributed by atoms with Gasteiger partial charge in [0.1, 0.15) is 0 Å². The van der Waals surface area contributed by atoms with Gasteiger partial charge in [0, 0.05) is 37.0 Å². The van der Waals surface area contributed by atoms with Crippen molar-refractivity contribution in [2.75, 3.05) is 32.4 Å². The van der Waals surface area contributed by atoms with Gasteiger partial charge in [-0.25, -0.2) is 0 Å². The van der Waals surface area contributed by atoms with Gasteiger partial charge in [0.2, 0.25) is 5.91 Å². The summed E-state index contributed by atoms with van der Waals surface area (Å²) in [6.45, 7) is 5.23. The summed E-state index contributed by atoms with van der Waals surface area (Å²) in [5, 5.41) is 0.494. The molecule has 2 aliphatic heterocycles. The van der Waals surface area contributed by atoms with Gasteiger partial charge in [-0.05, 0) is 56.1 Å². The number of benzene rings is 1. The number of piperidine rings is 2. The van der Waals surface area contributed by atoms with Crippen LogP contribution in [0.5, 0.6) is 0 Å². The third-order valence-electron chi connectivity index (χ3n) is 5.50. The lowest BCUT2D eigenvalue weighted by Gasteiger charge is -2.37. The normalized spacial score (nSPS) is 21.7. The predicted molar refractivity (Wildman–Crippen MR) is 107 cm³/mol. The van der Waals surface area contributed by atoms with Crippen LogP contribution in [-0.2, 0) is 4.79 Å². The number of amides is 2. The van der Waals surface area contributed by atoms with Gasteiger partial charge >= 0.3 is 0 Å². The zero-order valence-electron chi connectivity index (χ0n) is 15.5. The molecule has 26 heavy (non-hydrogen) atoms.